The lowest BCUT2D eigenvalue weighted by molar-refractivity contribution is -0.116. The number of halogens is 2. The molecule has 0 fully saturated rings. The monoisotopic (exact) mass is 332 g/mol. The van der Waals surface area contributed by atoms with Crippen molar-refractivity contribution in [1.82, 2.24) is 19.5 Å². The number of hydrogen-bond donors (Lipinski definition) is 2. The number of fused-ring (bicyclic) bond motifs is 1. The lowest BCUT2D eigenvalue weighted by Gasteiger charge is -2.08. The first-order chi connectivity index (χ1) is 11.6. The van der Waals surface area contributed by atoms with Crippen LogP contribution in [0.15, 0.2) is 30.9 Å². The summed E-state index contributed by atoms with van der Waals surface area (Å²) < 4.78 is 28.0. The third-order valence-corrected chi connectivity index (χ3v) is 3.37. The summed E-state index contributed by atoms with van der Waals surface area (Å²) in [5.74, 6) is -1.27. The molecule has 0 unspecified atom stereocenters. The number of nitrogens with zero attached hydrogens (tertiary/aromatic N) is 4. The summed E-state index contributed by atoms with van der Waals surface area (Å²) in [5, 5.41) is 5.40. The molecule has 2 aromatic heterocycles. The average molecular weight is 332 g/mol. The summed E-state index contributed by atoms with van der Waals surface area (Å²) in [5.41, 5.74) is 1.28. The molecular weight excluding hydrogens is 318 g/mol. The first-order valence-corrected chi connectivity index (χ1v) is 7.16. The van der Waals surface area contributed by atoms with Crippen LogP contribution in [0, 0.1) is 11.6 Å². The lowest BCUT2D eigenvalue weighted by atomic mass is 10.3. The molecule has 9 heteroatoms. The minimum atomic E-state index is -0.748. The number of carbonyl (C=O) groups is 1. The highest BCUT2D eigenvalue weighted by atomic mass is 19.1. The second-order valence-corrected chi connectivity index (χ2v) is 5.04. The van der Waals surface area contributed by atoms with Gasteiger partial charge in [-0.05, 0) is 12.1 Å². The molecule has 0 saturated heterocycles. The third-order valence-electron chi connectivity index (χ3n) is 3.37. The van der Waals surface area contributed by atoms with Crippen LogP contribution in [0.25, 0.3) is 11.2 Å². The molecule has 0 aliphatic heterocycles. The van der Waals surface area contributed by atoms with Gasteiger partial charge in [-0.2, -0.15) is 0 Å². The van der Waals surface area contributed by atoms with E-state index in [1.54, 1.807) is 17.9 Å². The topological polar surface area (TPSA) is 84.7 Å². The molecule has 124 valence electrons. The van der Waals surface area contributed by atoms with E-state index in [-0.39, 0.29) is 18.0 Å². The second kappa shape index (κ2) is 6.57. The Bertz CT molecular complexity index is 875. The number of anilines is 2. The predicted molar refractivity (Wildman–Crippen MR) is 84.5 cm³/mol. The largest absolute Gasteiger partial charge is 0.371 e. The van der Waals surface area contributed by atoms with Crippen molar-refractivity contribution in [1.29, 1.82) is 0 Å². The number of aryl methyl sites for hydroxylation is 1. The molecule has 2 N–H and O–H groups in total. The Balaban J connectivity index is 1.70. The maximum absolute atomic E-state index is 13.1. The van der Waals surface area contributed by atoms with E-state index in [2.05, 4.69) is 25.6 Å². The van der Waals surface area contributed by atoms with Gasteiger partial charge in [0, 0.05) is 31.8 Å². The first kappa shape index (κ1) is 15.8. The van der Waals surface area contributed by atoms with E-state index < -0.39 is 11.6 Å². The molecule has 1 amide bonds. The maximum atomic E-state index is 13.1. The standard InChI is InChI=1S/C15H14F2N6O/c1-18-14-13-15(20-7-19-14)21-8-23(13)3-2-12(24)22-11-5-9(16)4-10(17)6-11/h4-8H,2-3H2,1H3,(H,22,24)(H,18,19,20). The van der Waals surface area contributed by atoms with Gasteiger partial charge in [0.25, 0.3) is 0 Å². The number of benzene rings is 1. The van der Waals surface area contributed by atoms with Crippen LogP contribution in [0.3, 0.4) is 0 Å². The molecule has 0 radical (unpaired) electrons. The zero-order valence-corrected chi connectivity index (χ0v) is 12.8. The van der Waals surface area contributed by atoms with Crippen molar-refractivity contribution in [2.45, 2.75) is 13.0 Å². The molecular formula is C15H14F2N6O. The molecule has 24 heavy (non-hydrogen) atoms. The minimum Gasteiger partial charge on any atom is -0.371 e. The zero-order valence-electron chi connectivity index (χ0n) is 12.8. The van der Waals surface area contributed by atoms with Crippen molar-refractivity contribution >= 4 is 28.6 Å². The normalized spacial score (nSPS) is 10.8. The number of carbonyl (C=O) groups excluding carboxylic acids is 1. The number of imidazole rings is 1. The van der Waals surface area contributed by atoms with Gasteiger partial charge >= 0.3 is 0 Å². The first-order valence-electron chi connectivity index (χ1n) is 7.16. The van der Waals surface area contributed by atoms with Crippen LogP contribution in [-0.4, -0.2) is 32.5 Å². The van der Waals surface area contributed by atoms with Gasteiger partial charge in [0.1, 0.15) is 23.5 Å². The summed E-state index contributed by atoms with van der Waals surface area (Å²) in [6.07, 6.45) is 3.06. The molecule has 0 spiro atoms. The highest BCUT2D eigenvalue weighted by molar-refractivity contribution is 5.91. The molecule has 0 atom stereocenters. The van der Waals surface area contributed by atoms with E-state index in [1.807, 2.05) is 0 Å². The molecule has 0 saturated carbocycles. The van der Waals surface area contributed by atoms with Gasteiger partial charge in [-0.25, -0.2) is 23.7 Å². The quantitative estimate of drug-likeness (QED) is 0.748. The van der Waals surface area contributed by atoms with Crippen LogP contribution in [-0.2, 0) is 11.3 Å². The predicted octanol–water partition coefficient (Wildman–Crippen LogP) is 2.17. The van der Waals surface area contributed by atoms with E-state index in [4.69, 9.17) is 0 Å². The maximum Gasteiger partial charge on any atom is 0.226 e. The Hall–Kier alpha value is -3.10. The fourth-order valence-electron chi connectivity index (χ4n) is 2.33. The second-order valence-electron chi connectivity index (χ2n) is 5.04. The Morgan fingerprint density at radius 2 is 1.92 bits per heavy atom. The number of hydrogen-bond acceptors (Lipinski definition) is 5. The highest BCUT2D eigenvalue weighted by Gasteiger charge is 2.11. The lowest BCUT2D eigenvalue weighted by Crippen LogP contribution is -2.14. The van der Waals surface area contributed by atoms with E-state index in [0.29, 0.717) is 23.5 Å². The van der Waals surface area contributed by atoms with Crippen LogP contribution >= 0.6 is 0 Å². The van der Waals surface area contributed by atoms with Gasteiger partial charge in [0.2, 0.25) is 5.91 Å². The molecule has 7 nitrogen and oxygen atoms in total. The SMILES string of the molecule is CNc1ncnc2ncn(CCC(=O)Nc3cc(F)cc(F)c3)c12. The smallest absolute Gasteiger partial charge is 0.226 e. The van der Waals surface area contributed by atoms with E-state index in [0.717, 1.165) is 18.2 Å². The number of rotatable bonds is 5. The fourth-order valence-corrected chi connectivity index (χ4v) is 2.33. The Morgan fingerprint density at radius 1 is 1.17 bits per heavy atom. The van der Waals surface area contributed by atoms with Crippen LogP contribution in [0.5, 0.6) is 0 Å². The molecule has 2 heterocycles. The Labute approximate surface area is 135 Å². The Morgan fingerprint density at radius 3 is 2.62 bits per heavy atom. The van der Waals surface area contributed by atoms with Crippen molar-refractivity contribution in [2.24, 2.45) is 0 Å². The van der Waals surface area contributed by atoms with Crippen molar-refractivity contribution < 1.29 is 13.6 Å². The van der Waals surface area contributed by atoms with Gasteiger partial charge in [-0.1, -0.05) is 0 Å². The number of amides is 1. The summed E-state index contributed by atoms with van der Waals surface area (Å²) >= 11 is 0. The van der Waals surface area contributed by atoms with Crippen molar-refractivity contribution in [3.63, 3.8) is 0 Å². The molecule has 0 bridgehead atoms. The van der Waals surface area contributed by atoms with Gasteiger partial charge in [-0.15, -0.1) is 0 Å². The molecule has 0 aliphatic carbocycles. The van der Waals surface area contributed by atoms with E-state index in [1.165, 1.54) is 6.33 Å². The van der Waals surface area contributed by atoms with Gasteiger partial charge in [-0.3, -0.25) is 4.79 Å². The highest BCUT2D eigenvalue weighted by Crippen LogP contribution is 2.18. The van der Waals surface area contributed by atoms with Gasteiger partial charge in [0.05, 0.1) is 6.33 Å². The molecule has 3 rings (SSSR count). The summed E-state index contributed by atoms with van der Waals surface area (Å²) in [6, 6.07) is 2.85. The zero-order chi connectivity index (χ0) is 17.1. The third kappa shape index (κ3) is 3.29. The van der Waals surface area contributed by atoms with E-state index >= 15 is 0 Å². The average Bonchev–Trinajstić information content (AvgIpc) is 2.95. The minimum absolute atomic E-state index is 0.0761. The molecule has 3 aromatic rings. The van der Waals surface area contributed by atoms with Crippen molar-refractivity contribution in [3.05, 3.63) is 42.5 Å². The summed E-state index contributed by atoms with van der Waals surface area (Å²) in [6.45, 7) is 0.322. The molecule has 0 aliphatic rings. The summed E-state index contributed by atoms with van der Waals surface area (Å²) in [7, 11) is 1.73. The Kier molecular flexibility index (Phi) is 4.32. The van der Waals surface area contributed by atoms with Crippen molar-refractivity contribution in [2.75, 3.05) is 17.7 Å². The van der Waals surface area contributed by atoms with Gasteiger partial charge < -0.3 is 15.2 Å². The fraction of sp³-hybridized carbons (Fsp3) is 0.200. The summed E-state index contributed by atoms with van der Waals surface area (Å²) in [4.78, 5) is 24.3. The number of nitrogens with one attached hydrogen (secondary N) is 2. The van der Waals surface area contributed by atoms with Crippen molar-refractivity contribution in [3.8, 4) is 0 Å². The van der Waals surface area contributed by atoms with Crippen LogP contribution in [0.1, 0.15) is 6.42 Å². The van der Waals surface area contributed by atoms with Crippen LogP contribution < -0.4 is 10.6 Å². The number of aromatic nitrogens is 4. The van der Waals surface area contributed by atoms with Crippen LogP contribution in [0.2, 0.25) is 0 Å². The van der Waals surface area contributed by atoms with Crippen LogP contribution in [0.4, 0.5) is 20.3 Å². The van der Waals surface area contributed by atoms with E-state index in [9.17, 15) is 13.6 Å². The van der Waals surface area contributed by atoms with Gasteiger partial charge in [0.15, 0.2) is 11.5 Å². The molecule has 1 aromatic carbocycles.